The Kier molecular flexibility index (Phi) is 7.70. The van der Waals surface area contributed by atoms with Gasteiger partial charge in [0, 0.05) is 21.8 Å². The zero-order chi connectivity index (χ0) is 18.9. The van der Waals surface area contributed by atoms with Gasteiger partial charge in [-0.25, -0.2) is 4.79 Å². The van der Waals surface area contributed by atoms with Crippen LogP contribution in [0.5, 0.6) is 0 Å². The van der Waals surface area contributed by atoms with Gasteiger partial charge in [0.2, 0.25) is 5.91 Å². The molecule has 0 atom stereocenters. The molecule has 0 aliphatic heterocycles. The second-order valence-corrected chi connectivity index (χ2v) is 6.40. The van der Waals surface area contributed by atoms with Crippen molar-refractivity contribution in [2.24, 2.45) is 0 Å². The van der Waals surface area contributed by atoms with Crippen LogP contribution in [-0.2, 0) is 9.53 Å². The molecule has 0 heterocycles. The molecule has 0 unspecified atom stereocenters. The predicted octanol–water partition coefficient (Wildman–Crippen LogP) is 5.60. The topological polar surface area (TPSA) is 55.4 Å². The molecular formula is C20H19Cl2NO3. The molecule has 0 saturated heterocycles. The van der Waals surface area contributed by atoms with Gasteiger partial charge in [0.25, 0.3) is 0 Å². The number of nitrogens with one attached hydrogen (secondary N) is 1. The Hall–Kier alpha value is -2.30. The van der Waals surface area contributed by atoms with Crippen molar-refractivity contribution in [1.82, 2.24) is 0 Å². The number of ether oxygens (including phenoxy) is 1. The lowest BCUT2D eigenvalue weighted by Crippen LogP contribution is -2.10. The van der Waals surface area contributed by atoms with Crippen LogP contribution in [0.15, 0.2) is 48.5 Å². The van der Waals surface area contributed by atoms with Crippen LogP contribution in [0.1, 0.15) is 35.7 Å². The molecule has 2 aromatic carbocycles. The Morgan fingerprint density at radius 3 is 2.69 bits per heavy atom. The smallest absolute Gasteiger partial charge is 0.338 e. The Morgan fingerprint density at radius 1 is 1.15 bits per heavy atom. The fraction of sp³-hybridized carbons (Fsp3) is 0.200. The van der Waals surface area contributed by atoms with Gasteiger partial charge in [0.05, 0.1) is 12.2 Å². The molecule has 136 valence electrons. The summed E-state index contributed by atoms with van der Waals surface area (Å²) in [5.74, 6) is -0.745. The van der Waals surface area contributed by atoms with Crippen molar-refractivity contribution < 1.29 is 14.3 Å². The molecule has 0 aromatic heterocycles. The van der Waals surface area contributed by atoms with Gasteiger partial charge >= 0.3 is 5.97 Å². The van der Waals surface area contributed by atoms with Crippen molar-refractivity contribution in [3.8, 4) is 0 Å². The zero-order valence-corrected chi connectivity index (χ0v) is 15.8. The number of carbonyl (C=O) groups excluding carboxylic acids is 2. The number of hydrogen-bond acceptors (Lipinski definition) is 3. The van der Waals surface area contributed by atoms with E-state index in [1.165, 1.54) is 6.08 Å². The number of halogens is 2. The van der Waals surface area contributed by atoms with Crippen molar-refractivity contribution in [2.75, 3.05) is 11.9 Å². The number of esters is 1. The summed E-state index contributed by atoms with van der Waals surface area (Å²) < 4.78 is 5.17. The van der Waals surface area contributed by atoms with E-state index in [1.807, 2.05) is 6.92 Å². The summed E-state index contributed by atoms with van der Waals surface area (Å²) in [5, 5.41) is 3.69. The van der Waals surface area contributed by atoms with Crippen molar-refractivity contribution in [3.05, 3.63) is 69.7 Å². The summed E-state index contributed by atoms with van der Waals surface area (Å²) in [6.45, 7) is 2.41. The molecule has 0 saturated carbocycles. The normalized spacial score (nSPS) is 10.7. The Balaban J connectivity index is 1.99. The summed E-state index contributed by atoms with van der Waals surface area (Å²) in [7, 11) is 0. The fourth-order valence-corrected chi connectivity index (χ4v) is 2.57. The van der Waals surface area contributed by atoms with Crippen LogP contribution in [0.2, 0.25) is 10.0 Å². The van der Waals surface area contributed by atoms with Gasteiger partial charge in [-0.1, -0.05) is 48.7 Å². The van der Waals surface area contributed by atoms with Crippen molar-refractivity contribution in [2.45, 2.75) is 19.8 Å². The minimum absolute atomic E-state index is 0.340. The second-order valence-electron chi connectivity index (χ2n) is 5.56. The van der Waals surface area contributed by atoms with Crippen LogP contribution in [-0.4, -0.2) is 18.5 Å². The Bertz CT molecular complexity index is 818. The predicted molar refractivity (Wildman–Crippen MR) is 106 cm³/mol. The quantitative estimate of drug-likeness (QED) is 0.379. The number of rotatable bonds is 7. The van der Waals surface area contributed by atoms with Crippen molar-refractivity contribution in [3.63, 3.8) is 0 Å². The molecule has 0 aliphatic carbocycles. The number of anilines is 1. The lowest BCUT2D eigenvalue weighted by Gasteiger charge is -2.06. The summed E-state index contributed by atoms with van der Waals surface area (Å²) >= 11 is 11.9. The van der Waals surface area contributed by atoms with E-state index < -0.39 is 5.97 Å². The highest BCUT2D eigenvalue weighted by molar-refractivity contribution is 6.35. The minimum Gasteiger partial charge on any atom is -0.462 e. The first-order chi connectivity index (χ1) is 12.5. The molecule has 1 amide bonds. The fourth-order valence-electron chi connectivity index (χ4n) is 2.10. The first-order valence-electron chi connectivity index (χ1n) is 8.21. The van der Waals surface area contributed by atoms with Crippen LogP contribution in [0.3, 0.4) is 0 Å². The SMILES string of the molecule is CCCCOC(=O)c1cccc(NC(=O)C=Cc2ccc(Cl)cc2Cl)c1. The third kappa shape index (κ3) is 6.21. The second kappa shape index (κ2) is 10.00. The molecular weight excluding hydrogens is 373 g/mol. The van der Waals surface area contributed by atoms with Crippen LogP contribution >= 0.6 is 23.2 Å². The summed E-state index contributed by atoms with van der Waals surface area (Å²) in [5.41, 5.74) is 1.58. The lowest BCUT2D eigenvalue weighted by atomic mass is 10.2. The summed E-state index contributed by atoms with van der Waals surface area (Å²) in [6, 6.07) is 11.6. The van der Waals surface area contributed by atoms with E-state index in [1.54, 1.807) is 48.5 Å². The largest absolute Gasteiger partial charge is 0.462 e. The van der Waals surface area contributed by atoms with Crippen LogP contribution < -0.4 is 5.32 Å². The van der Waals surface area contributed by atoms with E-state index in [0.717, 1.165) is 12.8 Å². The first-order valence-corrected chi connectivity index (χ1v) is 8.96. The molecule has 0 aliphatic rings. The van der Waals surface area contributed by atoms with Gasteiger partial charge < -0.3 is 10.1 Å². The summed E-state index contributed by atoms with van der Waals surface area (Å²) in [6.07, 6.45) is 4.73. The van der Waals surface area contributed by atoms with E-state index in [0.29, 0.717) is 33.5 Å². The maximum absolute atomic E-state index is 12.1. The number of carbonyl (C=O) groups is 2. The molecule has 4 nitrogen and oxygen atoms in total. The van der Waals surface area contributed by atoms with E-state index in [2.05, 4.69) is 5.32 Å². The van der Waals surface area contributed by atoms with E-state index >= 15 is 0 Å². The highest BCUT2D eigenvalue weighted by Gasteiger charge is 2.08. The molecule has 2 rings (SSSR count). The monoisotopic (exact) mass is 391 g/mol. The Morgan fingerprint density at radius 2 is 1.96 bits per heavy atom. The molecule has 0 radical (unpaired) electrons. The minimum atomic E-state index is -0.405. The van der Waals surface area contributed by atoms with Crippen LogP contribution in [0.4, 0.5) is 5.69 Å². The lowest BCUT2D eigenvalue weighted by molar-refractivity contribution is -0.111. The van der Waals surface area contributed by atoms with Gasteiger partial charge in [-0.2, -0.15) is 0 Å². The summed E-state index contributed by atoms with van der Waals surface area (Å²) in [4.78, 5) is 24.0. The maximum atomic E-state index is 12.1. The van der Waals surface area contributed by atoms with E-state index in [9.17, 15) is 9.59 Å². The van der Waals surface area contributed by atoms with Gasteiger partial charge in [-0.15, -0.1) is 0 Å². The highest BCUT2D eigenvalue weighted by Crippen LogP contribution is 2.22. The third-order valence-corrected chi connectivity index (χ3v) is 4.04. The number of benzene rings is 2. The Labute approximate surface area is 162 Å². The number of unbranched alkanes of at least 4 members (excludes halogenated alkanes) is 1. The molecule has 1 N–H and O–H groups in total. The first kappa shape index (κ1) is 20.0. The van der Waals surface area contributed by atoms with Gasteiger partial charge in [0.15, 0.2) is 0 Å². The molecule has 0 spiro atoms. The van der Waals surface area contributed by atoms with E-state index in [-0.39, 0.29) is 5.91 Å². The third-order valence-electron chi connectivity index (χ3n) is 3.47. The van der Waals surface area contributed by atoms with Crippen LogP contribution in [0, 0.1) is 0 Å². The molecule has 0 fully saturated rings. The van der Waals surface area contributed by atoms with Crippen molar-refractivity contribution >= 4 is 46.8 Å². The number of hydrogen-bond donors (Lipinski definition) is 1. The molecule has 6 heteroatoms. The van der Waals surface area contributed by atoms with Crippen LogP contribution in [0.25, 0.3) is 6.08 Å². The molecule has 0 bridgehead atoms. The molecule has 26 heavy (non-hydrogen) atoms. The van der Waals surface area contributed by atoms with Crippen molar-refractivity contribution in [1.29, 1.82) is 0 Å². The standard InChI is InChI=1S/C20H19Cl2NO3/c1-2-3-11-26-20(25)15-5-4-6-17(12-15)23-19(24)10-8-14-7-9-16(21)13-18(14)22/h4-10,12-13H,2-3,11H2,1H3,(H,23,24). The average molecular weight is 392 g/mol. The maximum Gasteiger partial charge on any atom is 0.338 e. The van der Waals surface area contributed by atoms with E-state index in [4.69, 9.17) is 27.9 Å². The highest BCUT2D eigenvalue weighted by atomic mass is 35.5. The van der Waals surface area contributed by atoms with Gasteiger partial charge in [-0.05, 0) is 48.4 Å². The van der Waals surface area contributed by atoms with Gasteiger partial charge in [0.1, 0.15) is 0 Å². The number of amides is 1. The zero-order valence-electron chi connectivity index (χ0n) is 14.3. The van der Waals surface area contributed by atoms with Gasteiger partial charge in [-0.3, -0.25) is 4.79 Å². The molecule has 2 aromatic rings. The average Bonchev–Trinajstić information content (AvgIpc) is 2.61.